The number of hydrogen-bond donors (Lipinski definition) is 0. The van der Waals surface area contributed by atoms with Crippen molar-refractivity contribution in [3.8, 4) is 11.5 Å². The molecule has 17 heavy (non-hydrogen) atoms. The van der Waals surface area contributed by atoms with Gasteiger partial charge < -0.3 is 4.74 Å². The summed E-state index contributed by atoms with van der Waals surface area (Å²) in [6.45, 7) is 0. The third-order valence-electron chi connectivity index (χ3n) is 2.13. The topological polar surface area (TPSA) is 26.3 Å². The number of benzene rings is 2. The summed E-state index contributed by atoms with van der Waals surface area (Å²) >= 11 is 3.30. The maximum Gasteiger partial charge on any atom is 0.166 e. The Hall–Kier alpha value is -1.68. The van der Waals surface area contributed by atoms with Crippen molar-refractivity contribution in [1.29, 1.82) is 0 Å². The van der Waals surface area contributed by atoms with Crippen molar-refractivity contribution in [2.45, 2.75) is 0 Å². The molecule has 0 bridgehead atoms. The largest absolute Gasteiger partial charge is 0.454 e. The number of aldehydes is 1. The van der Waals surface area contributed by atoms with Gasteiger partial charge >= 0.3 is 0 Å². The SMILES string of the molecule is O=Cc1ccc(Oc2ccc(Br)cc2)c(F)c1. The van der Waals surface area contributed by atoms with Crippen molar-refractivity contribution in [2.24, 2.45) is 0 Å². The van der Waals surface area contributed by atoms with E-state index in [-0.39, 0.29) is 11.3 Å². The number of carbonyl (C=O) groups is 1. The standard InChI is InChI=1S/C13H8BrFO2/c14-10-2-4-11(5-3-10)17-13-6-1-9(8-16)7-12(13)15/h1-8H. The molecule has 0 aromatic heterocycles. The van der Waals surface area contributed by atoms with Gasteiger partial charge in [0.05, 0.1) is 0 Å². The second-order valence-electron chi connectivity index (χ2n) is 3.36. The molecular formula is C13H8BrFO2. The Labute approximate surface area is 106 Å². The lowest BCUT2D eigenvalue weighted by Crippen LogP contribution is -1.90. The molecule has 0 saturated heterocycles. The summed E-state index contributed by atoms with van der Waals surface area (Å²) in [5, 5.41) is 0. The lowest BCUT2D eigenvalue weighted by molar-refractivity contribution is 0.112. The predicted molar refractivity (Wildman–Crippen MR) is 66.0 cm³/mol. The van der Waals surface area contributed by atoms with Gasteiger partial charge in [-0.3, -0.25) is 4.79 Å². The molecular weight excluding hydrogens is 287 g/mol. The molecule has 2 rings (SSSR count). The second kappa shape index (κ2) is 5.10. The molecule has 2 nitrogen and oxygen atoms in total. The summed E-state index contributed by atoms with van der Waals surface area (Å²) in [5.74, 6) is 0.0707. The zero-order valence-electron chi connectivity index (χ0n) is 8.69. The van der Waals surface area contributed by atoms with Gasteiger partial charge in [0.15, 0.2) is 11.6 Å². The molecule has 4 heteroatoms. The lowest BCUT2D eigenvalue weighted by Gasteiger charge is -2.06. The average molecular weight is 295 g/mol. The molecule has 0 heterocycles. The molecule has 0 aliphatic heterocycles. The molecule has 0 aliphatic rings. The monoisotopic (exact) mass is 294 g/mol. The van der Waals surface area contributed by atoms with Crippen molar-refractivity contribution in [3.63, 3.8) is 0 Å². The zero-order chi connectivity index (χ0) is 12.3. The van der Waals surface area contributed by atoms with Crippen LogP contribution in [0.4, 0.5) is 4.39 Å². The second-order valence-corrected chi connectivity index (χ2v) is 4.28. The highest BCUT2D eigenvalue weighted by atomic mass is 79.9. The number of halogens is 2. The number of hydrogen-bond acceptors (Lipinski definition) is 2. The van der Waals surface area contributed by atoms with Gasteiger partial charge in [0.25, 0.3) is 0 Å². The Bertz CT molecular complexity index is 538. The molecule has 2 aromatic carbocycles. The van der Waals surface area contributed by atoms with Crippen LogP contribution in [0.25, 0.3) is 0 Å². The predicted octanol–water partition coefficient (Wildman–Crippen LogP) is 4.19. The lowest BCUT2D eigenvalue weighted by atomic mass is 10.2. The average Bonchev–Trinajstić information content (AvgIpc) is 2.34. The third kappa shape index (κ3) is 2.91. The van der Waals surface area contributed by atoms with E-state index in [9.17, 15) is 9.18 Å². The van der Waals surface area contributed by atoms with Crippen LogP contribution in [-0.2, 0) is 0 Å². The minimum atomic E-state index is -0.558. The van der Waals surface area contributed by atoms with Crippen molar-refractivity contribution < 1.29 is 13.9 Å². The molecule has 0 unspecified atom stereocenters. The van der Waals surface area contributed by atoms with E-state index >= 15 is 0 Å². The minimum absolute atomic E-state index is 0.0953. The van der Waals surface area contributed by atoms with Gasteiger partial charge in [-0.05, 0) is 42.5 Å². The van der Waals surface area contributed by atoms with Crippen molar-refractivity contribution >= 4 is 22.2 Å². The van der Waals surface area contributed by atoms with E-state index in [1.54, 1.807) is 24.3 Å². The van der Waals surface area contributed by atoms with Crippen molar-refractivity contribution in [1.82, 2.24) is 0 Å². The van der Waals surface area contributed by atoms with E-state index in [0.717, 1.165) is 10.5 Å². The van der Waals surface area contributed by atoms with E-state index in [4.69, 9.17) is 4.74 Å². The molecule has 0 fully saturated rings. The normalized spacial score (nSPS) is 10.0. The summed E-state index contributed by atoms with van der Waals surface area (Å²) in [7, 11) is 0. The van der Waals surface area contributed by atoms with Crippen LogP contribution in [0.3, 0.4) is 0 Å². The van der Waals surface area contributed by atoms with Crippen molar-refractivity contribution in [3.05, 3.63) is 58.3 Å². The smallest absolute Gasteiger partial charge is 0.166 e. The van der Waals surface area contributed by atoms with E-state index in [2.05, 4.69) is 15.9 Å². The number of ether oxygens (including phenoxy) is 1. The highest BCUT2D eigenvalue weighted by molar-refractivity contribution is 9.10. The Kier molecular flexibility index (Phi) is 3.54. The molecule has 0 saturated carbocycles. The van der Waals surface area contributed by atoms with Crippen LogP contribution in [0, 0.1) is 5.82 Å². The summed E-state index contributed by atoms with van der Waals surface area (Å²) in [6, 6.07) is 11.1. The van der Waals surface area contributed by atoms with Crippen molar-refractivity contribution in [2.75, 3.05) is 0 Å². The van der Waals surface area contributed by atoms with E-state index < -0.39 is 5.82 Å². The van der Waals surface area contributed by atoms with E-state index in [0.29, 0.717) is 12.0 Å². The first-order valence-corrected chi connectivity index (χ1v) is 5.66. The molecule has 0 amide bonds. The number of rotatable bonds is 3. The van der Waals surface area contributed by atoms with Gasteiger partial charge in [0.1, 0.15) is 12.0 Å². The van der Waals surface area contributed by atoms with Gasteiger partial charge in [-0.2, -0.15) is 0 Å². The zero-order valence-corrected chi connectivity index (χ0v) is 10.3. The van der Waals surface area contributed by atoms with Gasteiger partial charge in [-0.25, -0.2) is 4.39 Å². The summed E-state index contributed by atoms with van der Waals surface area (Å²) in [4.78, 5) is 10.5. The van der Waals surface area contributed by atoms with Crippen LogP contribution in [0.5, 0.6) is 11.5 Å². The van der Waals surface area contributed by atoms with Gasteiger partial charge in [0, 0.05) is 10.0 Å². The Balaban J connectivity index is 2.24. The van der Waals surface area contributed by atoms with Crippen LogP contribution >= 0.6 is 15.9 Å². The van der Waals surface area contributed by atoms with Crippen LogP contribution in [0.1, 0.15) is 10.4 Å². The van der Waals surface area contributed by atoms with Gasteiger partial charge in [-0.1, -0.05) is 15.9 Å². The fourth-order valence-electron chi connectivity index (χ4n) is 1.30. The fraction of sp³-hybridized carbons (Fsp3) is 0. The minimum Gasteiger partial charge on any atom is -0.454 e. The van der Waals surface area contributed by atoms with Gasteiger partial charge in [-0.15, -0.1) is 0 Å². The summed E-state index contributed by atoms with van der Waals surface area (Å²) < 4.78 is 19.8. The van der Waals surface area contributed by atoms with Crippen LogP contribution in [-0.4, -0.2) is 6.29 Å². The van der Waals surface area contributed by atoms with E-state index in [1.807, 2.05) is 0 Å². The summed E-state index contributed by atoms with van der Waals surface area (Å²) in [6.07, 6.45) is 0.590. The molecule has 86 valence electrons. The highest BCUT2D eigenvalue weighted by Crippen LogP contribution is 2.25. The molecule has 0 N–H and O–H groups in total. The Morgan fingerprint density at radius 1 is 1.12 bits per heavy atom. The van der Waals surface area contributed by atoms with Crippen LogP contribution < -0.4 is 4.74 Å². The Morgan fingerprint density at radius 2 is 1.82 bits per heavy atom. The first-order chi connectivity index (χ1) is 8.19. The van der Waals surface area contributed by atoms with Gasteiger partial charge in [0.2, 0.25) is 0 Å². The maximum absolute atomic E-state index is 13.5. The molecule has 0 atom stereocenters. The highest BCUT2D eigenvalue weighted by Gasteiger charge is 2.05. The summed E-state index contributed by atoms with van der Waals surface area (Å²) in [5.41, 5.74) is 0.283. The number of carbonyl (C=O) groups excluding carboxylic acids is 1. The molecule has 0 spiro atoms. The molecule has 2 aromatic rings. The van der Waals surface area contributed by atoms with Crippen LogP contribution in [0.2, 0.25) is 0 Å². The maximum atomic E-state index is 13.5. The molecule has 0 radical (unpaired) electrons. The van der Waals surface area contributed by atoms with E-state index in [1.165, 1.54) is 12.1 Å². The quantitative estimate of drug-likeness (QED) is 0.793. The third-order valence-corrected chi connectivity index (χ3v) is 2.66. The van der Waals surface area contributed by atoms with Crippen LogP contribution in [0.15, 0.2) is 46.9 Å². The first kappa shape index (κ1) is 11.8. The first-order valence-electron chi connectivity index (χ1n) is 4.87. The molecule has 0 aliphatic carbocycles. The Morgan fingerprint density at radius 3 is 2.41 bits per heavy atom. The fourth-order valence-corrected chi connectivity index (χ4v) is 1.57.